The topological polar surface area (TPSA) is 41.2 Å². The Hall–Kier alpha value is -1.97. The molecule has 0 aliphatic rings. The van der Waals surface area contributed by atoms with E-state index in [1.165, 1.54) is 0 Å². The summed E-state index contributed by atoms with van der Waals surface area (Å²) in [7, 11) is 0. The van der Waals surface area contributed by atoms with Gasteiger partial charge in [0.1, 0.15) is 12.9 Å². The first-order chi connectivity index (χ1) is 9.33. The molecule has 1 heterocycles. The first kappa shape index (κ1) is 16.1. The van der Waals surface area contributed by atoms with Crippen LogP contribution in [0.25, 0.3) is 12.2 Å². The van der Waals surface area contributed by atoms with Crippen LogP contribution >= 0.6 is 0 Å². The second-order valence-corrected chi connectivity index (χ2v) is 4.16. The number of nitrogens with zero attached hydrogens (tertiary/aromatic N) is 1. The van der Waals surface area contributed by atoms with Crippen LogP contribution in [0.4, 0.5) is 0 Å². The summed E-state index contributed by atoms with van der Waals surface area (Å²) in [6.45, 7) is 0.689. The minimum absolute atomic E-state index is 0. The van der Waals surface area contributed by atoms with Crippen LogP contribution in [0.3, 0.4) is 0 Å². The van der Waals surface area contributed by atoms with Crippen molar-refractivity contribution in [2.75, 3.05) is 6.61 Å². The molecule has 0 radical (unpaired) electrons. The summed E-state index contributed by atoms with van der Waals surface area (Å²) in [4.78, 5) is 10.6. The number of aliphatic hydroxyl groups is 1. The fourth-order valence-corrected chi connectivity index (χ4v) is 1.82. The zero-order chi connectivity index (χ0) is 13.5. The van der Waals surface area contributed by atoms with Crippen LogP contribution in [-0.4, -0.2) is 18.0 Å². The van der Waals surface area contributed by atoms with Crippen LogP contribution in [0.15, 0.2) is 48.7 Å². The largest absolute Gasteiger partial charge is 1.00 e. The molecule has 0 unspecified atom stereocenters. The highest BCUT2D eigenvalue weighted by molar-refractivity contribution is 5.76. The van der Waals surface area contributed by atoms with E-state index < -0.39 is 0 Å². The Morgan fingerprint density at radius 2 is 1.70 bits per heavy atom. The zero-order valence-electron chi connectivity index (χ0n) is 10.9. The number of halogens is 1. The summed E-state index contributed by atoms with van der Waals surface area (Å²) in [5.41, 5.74) is 2.73. The first-order valence-corrected chi connectivity index (χ1v) is 6.16. The van der Waals surface area contributed by atoms with Crippen molar-refractivity contribution < 1.29 is 26.9 Å². The third kappa shape index (κ3) is 4.30. The molecule has 4 heteroatoms. The van der Waals surface area contributed by atoms with Gasteiger partial charge >= 0.3 is 0 Å². The summed E-state index contributed by atoms with van der Waals surface area (Å²) in [6.07, 6.45) is 6.74. The molecule has 0 spiro atoms. The Morgan fingerprint density at radius 3 is 2.35 bits per heavy atom. The lowest BCUT2D eigenvalue weighted by Crippen LogP contribution is -3.00. The van der Waals surface area contributed by atoms with E-state index in [0.717, 1.165) is 17.5 Å². The monoisotopic (exact) mass is 289 g/mol. The molecule has 0 atom stereocenters. The number of carbonyl (C=O) groups excluding carboxylic acids is 1. The number of rotatable bonds is 5. The van der Waals surface area contributed by atoms with E-state index in [1.54, 1.807) is 12.1 Å². The van der Waals surface area contributed by atoms with E-state index in [1.807, 2.05) is 53.2 Å². The lowest BCUT2D eigenvalue weighted by Gasteiger charge is -1.98. The predicted molar refractivity (Wildman–Crippen MR) is 74.5 cm³/mol. The molecule has 20 heavy (non-hydrogen) atoms. The zero-order valence-corrected chi connectivity index (χ0v) is 11.7. The number of aliphatic hydroxyl groups excluding tert-OH is 1. The molecule has 0 fully saturated rings. The van der Waals surface area contributed by atoms with Crippen molar-refractivity contribution in [3.05, 3.63) is 65.5 Å². The van der Waals surface area contributed by atoms with Crippen LogP contribution in [0.2, 0.25) is 0 Å². The van der Waals surface area contributed by atoms with Crippen LogP contribution in [0, 0.1) is 0 Å². The Labute approximate surface area is 124 Å². The fourth-order valence-electron chi connectivity index (χ4n) is 1.82. The van der Waals surface area contributed by atoms with E-state index >= 15 is 0 Å². The fraction of sp³-hybridized carbons (Fsp3) is 0.125. The Balaban J connectivity index is 0.00000200. The van der Waals surface area contributed by atoms with Gasteiger partial charge in [0.05, 0.1) is 0 Å². The standard InChI is InChI=1S/C16H16NO2.ClH/c18-12-11-17-10-2-1-3-16(17)9-8-14-4-6-15(13-19)7-5-14;/h1-10,13,18H,11-12H2;1H/q+1;/p-1/b9-8+;. The Bertz CT molecular complexity index is 579. The summed E-state index contributed by atoms with van der Waals surface area (Å²) >= 11 is 0. The highest BCUT2D eigenvalue weighted by Gasteiger charge is 2.04. The van der Waals surface area contributed by atoms with Crippen molar-refractivity contribution in [3.8, 4) is 0 Å². The van der Waals surface area contributed by atoms with Crippen molar-refractivity contribution in [2.24, 2.45) is 0 Å². The molecule has 1 aromatic heterocycles. The van der Waals surface area contributed by atoms with Gasteiger partial charge in [-0.25, -0.2) is 0 Å². The second kappa shape index (κ2) is 8.25. The Morgan fingerprint density at radius 1 is 1.00 bits per heavy atom. The predicted octanol–water partition coefficient (Wildman–Crippen LogP) is -1.05. The van der Waals surface area contributed by atoms with E-state index in [4.69, 9.17) is 5.11 Å². The van der Waals surface area contributed by atoms with Gasteiger partial charge in [0.25, 0.3) is 0 Å². The second-order valence-electron chi connectivity index (χ2n) is 4.16. The number of hydrogen-bond acceptors (Lipinski definition) is 2. The quantitative estimate of drug-likeness (QED) is 0.564. The number of carbonyl (C=O) groups is 1. The molecule has 1 N–H and O–H groups in total. The van der Waals surface area contributed by atoms with Gasteiger partial charge in [-0.05, 0) is 17.7 Å². The molecule has 2 rings (SSSR count). The molecule has 2 aromatic rings. The molecular weight excluding hydrogens is 274 g/mol. The summed E-state index contributed by atoms with van der Waals surface area (Å²) < 4.78 is 1.98. The van der Waals surface area contributed by atoms with Crippen molar-refractivity contribution in [3.63, 3.8) is 0 Å². The molecule has 1 aromatic carbocycles. The van der Waals surface area contributed by atoms with E-state index in [-0.39, 0.29) is 19.0 Å². The average molecular weight is 290 g/mol. The van der Waals surface area contributed by atoms with Crippen molar-refractivity contribution >= 4 is 18.4 Å². The number of pyridine rings is 1. The molecule has 0 aliphatic heterocycles. The maximum absolute atomic E-state index is 10.6. The summed E-state index contributed by atoms with van der Waals surface area (Å²) in [5.74, 6) is 0. The van der Waals surface area contributed by atoms with Crippen LogP contribution in [0.5, 0.6) is 0 Å². The summed E-state index contributed by atoms with van der Waals surface area (Å²) in [6, 6.07) is 13.3. The third-order valence-electron chi connectivity index (χ3n) is 2.84. The molecule has 0 saturated heterocycles. The van der Waals surface area contributed by atoms with Crippen LogP contribution in [-0.2, 0) is 6.54 Å². The van der Waals surface area contributed by atoms with E-state index in [2.05, 4.69) is 0 Å². The van der Waals surface area contributed by atoms with Gasteiger partial charge < -0.3 is 17.5 Å². The summed E-state index contributed by atoms with van der Waals surface area (Å²) in [5, 5.41) is 9.01. The minimum atomic E-state index is 0. The van der Waals surface area contributed by atoms with Gasteiger partial charge in [0, 0.05) is 23.8 Å². The number of aldehydes is 1. The Kier molecular flexibility index (Phi) is 6.64. The van der Waals surface area contributed by atoms with Gasteiger partial charge in [-0.3, -0.25) is 4.79 Å². The van der Waals surface area contributed by atoms with E-state index in [9.17, 15) is 4.79 Å². The lowest BCUT2D eigenvalue weighted by molar-refractivity contribution is -0.699. The number of aromatic nitrogens is 1. The third-order valence-corrected chi connectivity index (χ3v) is 2.84. The maximum atomic E-state index is 10.6. The van der Waals surface area contributed by atoms with Gasteiger partial charge in [-0.15, -0.1) is 0 Å². The maximum Gasteiger partial charge on any atom is 0.205 e. The smallest absolute Gasteiger partial charge is 0.205 e. The molecule has 3 nitrogen and oxygen atoms in total. The normalized spacial score (nSPS) is 10.2. The van der Waals surface area contributed by atoms with Gasteiger partial charge in [0.15, 0.2) is 12.7 Å². The van der Waals surface area contributed by atoms with E-state index in [0.29, 0.717) is 12.1 Å². The van der Waals surface area contributed by atoms with Gasteiger partial charge in [0.2, 0.25) is 5.69 Å². The van der Waals surface area contributed by atoms with Crippen LogP contribution < -0.4 is 17.0 Å². The van der Waals surface area contributed by atoms with Crippen LogP contribution in [0.1, 0.15) is 21.6 Å². The molecule has 0 saturated carbocycles. The average Bonchev–Trinajstić information content (AvgIpc) is 2.47. The van der Waals surface area contributed by atoms with Crippen molar-refractivity contribution in [2.45, 2.75) is 6.54 Å². The number of benzene rings is 1. The van der Waals surface area contributed by atoms with Gasteiger partial charge in [-0.2, -0.15) is 4.57 Å². The highest BCUT2D eigenvalue weighted by Crippen LogP contribution is 2.07. The SMILES string of the molecule is O=Cc1ccc(/C=C/c2cccc[n+]2CCO)cc1.[Cl-]. The lowest BCUT2D eigenvalue weighted by atomic mass is 10.1. The minimum Gasteiger partial charge on any atom is -1.00 e. The molecule has 0 aliphatic carbocycles. The first-order valence-electron chi connectivity index (χ1n) is 6.16. The molecule has 104 valence electrons. The number of hydrogen-bond donors (Lipinski definition) is 1. The van der Waals surface area contributed by atoms with Crippen molar-refractivity contribution in [1.29, 1.82) is 0 Å². The van der Waals surface area contributed by atoms with Gasteiger partial charge in [-0.1, -0.05) is 24.3 Å². The van der Waals surface area contributed by atoms with Crippen molar-refractivity contribution in [1.82, 2.24) is 0 Å². The molecule has 0 bridgehead atoms. The molecule has 0 amide bonds. The highest BCUT2D eigenvalue weighted by atomic mass is 35.5. The molecular formula is C16H16ClNO2.